The fraction of sp³-hybridized carbons (Fsp3) is 0.333. The van der Waals surface area contributed by atoms with Crippen LogP contribution in [-0.2, 0) is 6.61 Å². The number of hydrogen-bond acceptors (Lipinski definition) is 6. The molecule has 0 aliphatic rings. The lowest BCUT2D eigenvalue weighted by Crippen LogP contribution is -2.34. The number of methoxy groups -OCH3 is 1. The van der Waals surface area contributed by atoms with Crippen molar-refractivity contribution in [2.24, 2.45) is 0 Å². The van der Waals surface area contributed by atoms with Crippen LogP contribution in [0, 0.1) is 0 Å². The van der Waals surface area contributed by atoms with E-state index in [9.17, 15) is 9.90 Å². The standard InChI is InChI=1S/C15H19N3O5/c1-22-12-3-2-4-13(6-12)23-9-10-5-14(18-17-10)15(21)16-7-11(20)8-19/h2-6,11,19-20H,7-9H2,1H3,(H,16,21)(H,17,18)/t11-/m0/s1. The van der Waals surface area contributed by atoms with Gasteiger partial charge in [0.05, 0.1) is 25.5 Å². The normalized spacial score (nSPS) is 11.8. The largest absolute Gasteiger partial charge is 0.497 e. The SMILES string of the molecule is COc1cccc(OCc2cc(C(=O)NC[C@H](O)CO)n[nH]2)c1. The Balaban J connectivity index is 1.87. The van der Waals surface area contributed by atoms with Crippen LogP contribution in [-0.4, -0.2) is 52.7 Å². The molecule has 0 aliphatic heterocycles. The molecule has 8 nitrogen and oxygen atoms in total. The highest BCUT2D eigenvalue weighted by Gasteiger charge is 2.12. The van der Waals surface area contributed by atoms with Crippen molar-refractivity contribution in [3.63, 3.8) is 0 Å². The van der Waals surface area contributed by atoms with Crippen molar-refractivity contribution in [2.75, 3.05) is 20.3 Å². The number of nitrogens with zero attached hydrogens (tertiary/aromatic N) is 1. The molecule has 2 rings (SSSR count). The summed E-state index contributed by atoms with van der Waals surface area (Å²) in [6, 6.07) is 8.72. The molecule has 0 saturated carbocycles. The minimum atomic E-state index is -0.992. The van der Waals surface area contributed by atoms with Crippen LogP contribution in [0.5, 0.6) is 11.5 Å². The average molecular weight is 321 g/mol. The molecule has 1 atom stereocenters. The average Bonchev–Trinajstić information content (AvgIpc) is 3.06. The van der Waals surface area contributed by atoms with Crippen LogP contribution in [0.1, 0.15) is 16.2 Å². The zero-order valence-electron chi connectivity index (χ0n) is 12.7. The van der Waals surface area contributed by atoms with E-state index in [4.69, 9.17) is 14.6 Å². The van der Waals surface area contributed by atoms with Crippen molar-refractivity contribution >= 4 is 5.91 Å². The van der Waals surface area contributed by atoms with Crippen molar-refractivity contribution in [3.05, 3.63) is 41.7 Å². The maximum Gasteiger partial charge on any atom is 0.271 e. The molecule has 8 heteroatoms. The smallest absolute Gasteiger partial charge is 0.271 e. The van der Waals surface area contributed by atoms with Crippen molar-refractivity contribution in [1.82, 2.24) is 15.5 Å². The second-order valence-corrected chi connectivity index (χ2v) is 4.79. The fourth-order valence-corrected chi connectivity index (χ4v) is 1.77. The van der Waals surface area contributed by atoms with Crippen LogP contribution in [0.15, 0.2) is 30.3 Å². The quantitative estimate of drug-likeness (QED) is 0.547. The number of amides is 1. The molecule has 0 bridgehead atoms. The summed E-state index contributed by atoms with van der Waals surface area (Å²) in [5.41, 5.74) is 0.806. The second kappa shape index (κ2) is 8.16. The highest BCUT2D eigenvalue weighted by Crippen LogP contribution is 2.19. The predicted molar refractivity (Wildman–Crippen MR) is 81.3 cm³/mol. The third kappa shape index (κ3) is 4.97. The number of nitrogens with one attached hydrogen (secondary N) is 2. The lowest BCUT2D eigenvalue weighted by atomic mass is 10.3. The van der Waals surface area contributed by atoms with Gasteiger partial charge in [0.2, 0.25) is 0 Å². The Bertz CT molecular complexity index is 644. The highest BCUT2D eigenvalue weighted by atomic mass is 16.5. The van der Waals surface area contributed by atoms with E-state index in [2.05, 4.69) is 15.5 Å². The van der Waals surface area contributed by atoms with Gasteiger partial charge in [0, 0.05) is 12.6 Å². The molecular weight excluding hydrogens is 302 g/mol. The zero-order valence-corrected chi connectivity index (χ0v) is 12.7. The van der Waals surface area contributed by atoms with Gasteiger partial charge in [0.1, 0.15) is 23.8 Å². The number of ether oxygens (including phenoxy) is 2. The molecule has 124 valence electrons. The van der Waals surface area contributed by atoms with Gasteiger partial charge in [0.15, 0.2) is 0 Å². The highest BCUT2D eigenvalue weighted by molar-refractivity contribution is 5.92. The molecule has 2 aromatic rings. The Labute approximate surface area is 133 Å². The zero-order chi connectivity index (χ0) is 16.7. The van der Waals surface area contributed by atoms with E-state index in [1.165, 1.54) is 0 Å². The predicted octanol–water partition coefficient (Wildman–Crippen LogP) is 0.0803. The summed E-state index contributed by atoms with van der Waals surface area (Å²) in [6.07, 6.45) is -0.992. The molecule has 0 unspecified atom stereocenters. The molecule has 4 N–H and O–H groups in total. The van der Waals surface area contributed by atoms with Gasteiger partial charge in [0.25, 0.3) is 5.91 Å². The summed E-state index contributed by atoms with van der Waals surface area (Å²) in [4.78, 5) is 11.8. The number of H-pyrrole nitrogens is 1. The summed E-state index contributed by atoms with van der Waals surface area (Å²) < 4.78 is 10.7. The first-order valence-corrected chi connectivity index (χ1v) is 7.00. The molecule has 1 heterocycles. The minimum Gasteiger partial charge on any atom is -0.497 e. The first kappa shape index (κ1) is 16.8. The first-order valence-electron chi connectivity index (χ1n) is 7.00. The van der Waals surface area contributed by atoms with Gasteiger partial charge in [-0.05, 0) is 18.2 Å². The first-order chi connectivity index (χ1) is 11.1. The molecule has 1 aromatic carbocycles. The second-order valence-electron chi connectivity index (χ2n) is 4.79. The van der Waals surface area contributed by atoms with E-state index in [0.29, 0.717) is 17.2 Å². The summed E-state index contributed by atoms with van der Waals surface area (Å²) >= 11 is 0. The van der Waals surface area contributed by atoms with Gasteiger partial charge in [-0.25, -0.2) is 0 Å². The number of carbonyl (C=O) groups excluding carboxylic acids is 1. The minimum absolute atomic E-state index is 0.0438. The third-order valence-electron chi connectivity index (χ3n) is 3.01. The monoisotopic (exact) mass is 321 g/mol. The molecule has 1 amide bonds. The van der Waals surface area contributed by atoms with Crippen molar-refractivity contribution in [1.29, 1.82) is 0 Å². The molecule has 0 aliphatic carbocycles. The Morgan fingerprint density at radius 1 is 1.39 bits per heavy atom. The molecule has 0 fully saturated rings. The molecule has 0 saturated heterocycles. The topological polar surface area (TPSA) is 117 Å². The number of benzene rings is 1. The van der Waals surface area contributed by atoms with E-state index in [1.54, 1.807) is 25.3 Å². The van der Waals surface area contributed by atoms with Gasteiger partial charge in [-0.15, -0.1) is 0 Å². The molecule has 23 heavy (non-hydrogen) atoms. The fourth-order valence-electron chi connectivity index (χ4n) is 1.77. The van der Waals surface area contributed by atoms with Crippen LogP contribution in [0.25, 0.3) is 0 Å². The van der Waals surface area contributed by atoms with Crippen molar-refractivity contribution in [3.8, 4) is 11.5 Å². The Morgan fingerprint density at radius 3 is 2.91 bits per heavy atom. The maximum absolute atomic E-state index is 11.8. The Kier molecular flexibility index (Phi) is 5.95. The molecule has 1 aromatic heterocycles. The maximum atomic E-state index is 11.8. The van der Waals surface area contributed by atoms with E-state index in [1.807, 2.05) is 12.1 Å². The van der Waals surface area contributed by atoms with E-state index < -0.39 is 18.6 Å². The van der Waals surface area contributed by atoms with Crippen LogP contribution < -0.4 is 14.8 Å². The Hall–Kier alpha value is -2.58. The number of aromatic nitrogens is 2. The lowest BCUT2D eigenvalue weighted by Gasteiger charge is -2.07. The summed E-state index contributed by atoms with van der Waals surface area (Å²) in [6.45, 7) is -0.245. The van der Waals surface area contributed by atoms with Gasteiger partial charge in [-0.3, -0.25) is 9.89 Å². The number of aliphatic hydroxyl groups is 2. The summed E-state index contributed by atoms with van der Waals surface area (Å²) in [5, 5.41) is 26.9. The van der Waals surface area contributed by atoms with Crippen LogP contribution in [0.4, 0.5) is 0 Å². The lowest BCUT2D eigenvalue weighted by molar-refractivity contribution is 0.0798. The number of aliphatic hydroxyl groups excluding tert-OH is 2. The van der Waals surface area contributed by atoms with Crippen molar-refractivity contribution < 1.29 is 24.5 Å². The summed E-state index contributed by atoms with van der Waals surface area (Å²) in [7, 11) is 1.58. The van der Waals surface area contributed by atoms with E-state index in [0.717, 1.165) is 0 Å². The number of hydrogen-bond donors (Lipinski definition) is 4. The van der Waals surface area contributed by atoms with Gasteiger partial charge >= 0.3 is 0 Å². The van der Waals surface area contributed by atoms with Crippen LogP contribution >= 0.6 is 0 Å². The molecular formula is C15H19N3O5. The number of rotatable bonds is 8. The van der Waals surface area contributed by atoms with Gasteiger partial charge < -0.3 is 25.0 Å². The van der Waals surface area contributed by atoms with Crippen LogP contribution in [0.3, 0.4) is 0 Å². The molecule has 0 radical (unpaired) electrons. The summed E-state index contributed by atoms with van der Waals surface area (Å²) in [5.74, 6) is 0.881. The number of carbonyl (C=O) groups is 1. The Morgan fingerprint density at radius 2 is 2.17 bits per heavy atom. The van der Waals surface area contributed by atoms with Crippen LogP contribution in [0.2, 0.25) is 0 Å². The van der Waals surface area contributed by atoms with E-state index in [-0.39, 0.29) is 18.8 Å². The van der Waals surface area contributed by atoms with Crippen molar-refractivity contribution in [2.45, 2.75) is 12.7 Å². The van der Waals surface area contributed by atoms with E-state index >= 15 is 0 Å². The third-order valence-corrected chi connectivity index (χ3v) is 3.01. The molecule has 0 spiro atoms. The van der Waals surface area contributed by atoms with Gasteiger partial charge in [-0.1, -0.05) is 6.07 Å². The van der Waals surface area contributed by atoms with Gasteiger partial charge in [-0.2, -0.15) is 5.10 Å². The number of aromatic amines is 1.